The Bertz CT molecular complexity index is 582. The topological polar surface area (TPSA) is 54.3 Å². The fourth-order valence-electron chi connectivity index (χ4n) is 1.97. The molecule has 1 aromatic carbocycles. The molecule has 1 atom stereocenters. The molecule has 1 aromatic heterocycles. The summed E-state index contributed by atoms with van der Waals surface area (Å²) in [5.74, 6) is 0.128. The predicted molar refractivity (Wildman–Crippen MR) is 76.2 cm³/mol. The summed E-state index contributed by atoms with van der Waals surface area (Å²) in [6, 6.07) is 8.42. The van der Waals surface area contributed by atoms with Gasteiger partial charge in [-0.1, -0.05) is 0 Å². The van der Waals surface area contributed by atoms with Crippen LogP contribution in [0, 0.1) is 5.82 Å². The van der Waals surface area contributed by atoms with Crippen LogP contribution < -0.4 is 10.6 Å². The Morgan fingerprint density at radius 2 is 2.20 bits per heavy atom. The number of carbonyl (C=O) groups excluding carboxylic acids is 1. The SMILES string of the molecule is CC(=O)Nc1cc(NC(C)Cc2ccco2)ccc1F. The highest BCUT2D eigenvalue weighted by Crippen LogP contribution is 2.20. The Morgan fingerprint density at radius 3 is 2.85 bits per heavy atom. The number of benzene rings is 1. The van der Waals surface area contributed by atoms with E-state index in [9.17, 15) is 9.18 Å². The summed E-state index contributed by atoms with van der Waals surface area (Å²) < 4.78 is 18.8. The van der Waals surface area contributed by atoms with Crippen LogP contribution in [0.1, 0.15) is 19.6 Å². The van der Waals surface area contributed by atoms with E-state index in [1.54, 1.807) is 18.4 Å². The summed E-state index contributed by atoms with van der Waals surface area (Å²) in [7, 11) is 0. The van der Waals surface area contributed by atoms with Gasteiger partial charge in [0, 0.05) is 25.1 Å². The second kappa shape index (κ2) is 6.23. The van der Waals surface area contributed by atoms with Gasteiger partial charge in [-0.3, -0.25) is 4.79 Å². The Labute approximate surface area is 117 Å². The number of carbonyl (C=O) groups is 1. The van der Waals surface area contributed by atoms with Crippen LogP contribution in [-0.2, 0) is 11.2 Å². The second-order valence-corrected chi connectivity index (χ2v) is 4.70. The van der Waals surface area contributed by atoms with E-state index < -0.39 is 5.82 Å². The van der Waals surface area contributed by atoms with Gasteiger partial charge in [-0.15, -0.1) is 0 Å². The maximum Gasteiger partial charge on any atom is 0.221 e. The van der Waals surface area contributed by atoms with Crippen molar-refractivity contribution in [1.82, 2.24) is 0 Å². The van der Waals surface area contributed by atoms with Crippen molar-refractivity contribution in [1.29, 1.82) is 0 Å². The summed E-state index contributed by atoms with van der Waals surface area (Å²) in [6.45, 7) is 3.35. The highest BCUT2D eigenvalue weighted by molar-refractivity contribution is 5.89. The first-order valence-corrected chi connectivity index (χ1v) is 6.40. The first-order chi connectivity index (χ1) is 9.54. The number of halogens is 1. The molecule has 2 aromatic rings. The van der Waals surface area contributed by atoms with E-state index in [4.69, 9.17) is 4.42 Å². The van der Waals surface area contributed by atoms with Gasteiger partial charge >= 0.3 is 0 Å². The van der Waals surface area contributed by atoms with E-state index in [1.165, 1.54) is 13.0 Å². The number of furan rings is 1. The molecule has 0 bridgehead atoms. The van der Waals surface area contributed by atoms with Crippen LogP contribution in [0.3, 0.4) is 0 Å². The molecule has 20 heavy (non-hydrogen) atoms. The van der Waals surface area contributed by atoms with Gasteiger partial charge in [-0.2, -0.15) is 0 Å². The molecule has 0 saturated heterocycles. The van der Waals surface area contributed by atoms with Crippen LogP contribution in [0.4, 0.5) is 15.8 Å². The molecule has 5 heteroatoms. The summed E-state index contributed by atoms with van der Waals surface area (Å²) in [6.07, 6.45) is 2.36. The van der Waals surface area contributed by atoms with Gasteiger partial charge in [0.25, 0.3) is 0 Å². The molecule has 0 aliphatic rings. The molecule has 0 saturated carbocycles. The molecule has 0 radical (unpaired) electrons. The van der Waals surface area contributed by atoms with Crippen molar-refractivity contribution < 1.29 is 13.6 Å². The number of amides is 1. The fraction of sp³-hybridized carbons (Fsp3) is 0.267. The zero-order valence-electron chi connectivity index (χ0n) is 11.4. The number of hydrogen-bond acceptors (Lipinski definition) is 3. The smallest absolute Gasteiger partial charge is 0.221 e. The molecule has 1 heterocycles. The number of hydrogen-bond donors (Lipinski definition) is 2. The third-order valence-corrected chi connectivity index (χ3v) is 2.78. The minimum atomic E-state index is -0.454. The average Bonchev–Trinajstić information content (AvgIpc) is 2.85. The molecule has 2 rings (SSSR count). The lowest BCUT2D eigenvalue weighted by atomic mass is 10.1. The van der Waals surface area contributed by atoms with E-state index in [2.05, 4.69) is 10.6 Å². The molecule has 1 unspecified atom stereocenters. The van der Waals surface area contributed by atoms with Gasteiger partial charge in [0.2, 0.25) is 5.91 Å². The lowest BCUT2D eigenvalue weighted by molar-refractivity contribution is -0.114. The highest BCUT2D eigenvalue weighted by atomic mass is 19.1. The summed E-state index contributed by atoms with van der Waals surface area (Å²) in [5, 5.41) is 5.70. The quantitative estimate of drug-likeness (QED) is 0.879. The van der Waals surface area contributed by atoms with Crippen molar-refractivity contribution in [2.75, 3.05) is 10.6 Å². The van der Waals surface area contributed by atoms with E-state index >= 15 is 0 Å². The van der Waals surface area contributed by atoms with Gasteiger partial charge in [0.15, 0.2) is 0 Å². The molecule has 0 fully saturated rings. The third kappa shape index (κ3) is 3.85. The standard InChI is InChI=1S/C15H17FN2O2/c1-10(8-13-4-3-7-20-13)17-12-5-6-14(16)15(9-12)18-11(2)19/h3-7,9-10,17H,8H2,1-2H3,(H,18,19). The second-order valence-electron chi connectivity index (χ2n) is 4.70. The third-order valence-electron chi connectivity index (χ3n) is 2.78. The van der Waals surface area contributed by atoms with Crippen LogP contribution in [0.15, 0.2) is 41.0 Å². The maximum absolute atomic E-state index is 13.5. The first kappa shape index (κ1) is 14.1. The number of anilines is 2. The van der Waals surface area contributed by atoms with Gasteiger partial charge in [0.05, 0.1) is 12.0 Å². The number of nitrogens with one attached hydrogen (secondary N) is 2. The van der Waals surface area contributed by atoms with Crippen molar-refractivity contribution in [3.63, 3.8) is 0 Å². The maximum atomic E-state index is 13.5. The molecular formula is C15H17FN2O2. The average molecular weight is 276 g/mol. The zero-order chi connectivity index (χ0) is 14.5. The van der Waals surface area contributed by atoms with Crippen LogP contribution >= 0.6 is 0 Å². The molecule has 1 amide bonds. The molecule has 4 nitrogen and oxygen atoms in total. The molecule has 106 valence electrons. The molecular weight excluding hydrogens is 259 g/mol. The van der Waals surface area contributed by atoms with E-state index in [0.29, 0.717) is 0 Å². The Balaban J connectivity index is 2.03. The zero-order valence-corrected chi connectivity index (χ0v) is 11.4. The van der Waals surface area contributed by atoms with Crippen LogP contribution in [0.5, 0.6) is 0 Å². The van der Waals surface area contributed by atoms with Crippen LogP contribution in [0.25, 0.3) is 0 Å². The van der Waals surface area contributed by atoms with E-state index in [1.807, 2.05) is 19.1 Å². The Morgan fingerprint density at radius 1 is 1.40 bits per heavy atom. The van der Waals surface area contributed by atoms with Crippen LogP contribution in [-0.4, -0.2) is 11.9 Å². The summed E-state index contributed by atoms with van der Waals surface area (Å²) in [4.78, 5) is 11.0. The van der Waals surface area contributed by atoms with Gasteiger partial charge in [-0.05, 0) is 37.3 Å². The minimum absolute atomic E-state index is 0.122. The molecule has 2 N–H and O–H groups in total. The van der Waals surface area contributed by atoms with Gasteiger partial charge in [0.1, 0.15) is 11.6 Å². The highest BCUT2D eigenvalue weighted by Gasteiger charge is 2.09. The predicted octanol–water partition coefficient (Wildman–Crippen LogP) is 3.42. The molecule has 0 aliphatic carbocycles. The first-order valence-electron chi connectivity index (χ1n) is 6.40. The normalized spacial score (nSPS) is 11.9. The van der Waals surface area contributed by atoms with Crippen molar-refractivity contribution in [2.45, 2.75) is 26.3 Å². The fourth-order valence-corrected chi connectivity index (χ4v) is 1.97. The van der Waals surface area contributed by atoms with E-state index in [-0.39, 0.29) is 17.6 Å². The monoisotopic (exact) mass is 276 g/mol. The Kier molecular flexibility index (Phi) is 4.40. The number of rotatable bonds is 5. The lowest BCUT2D eigenvalue weighted by Gasteiger charge is -2.15. The largest absolute Gasteiger partial charge is 0.469 e. The van der Waals surface area contributed by atoms with E-state index in [0.717, 1.165) is 17.9 Å². The lowest BCUT2D eigenvalue weighted by Crippen LogP contribution is -2.18. The van der Waals surface area contributed by atoms with Gasteiger partial charge in [-0.25, -0.2) is 4.39 Å². The minimum Gasteiger partial charge on any atom is -0.469 e. The Hall–Kier alpha value is -2.30. The van der Waals surface area contributed by atoms with Gasteiger partial charge < -0.3 is 15.1 Å². The van der Waals surface area contributed by atoms with Crippen molar-refractivity contribution in [2.24, 2.45) is 0 Å². The van der Waals surface area contributed by atoms with Crippen molar-refractivity contribution in [3.05, 3.63) is 48.2 Å². The summed E-state index contributed by atoms with van der Waals surface area (Å²) >= 11 is 0. The molecule has 0 aliphatic heterocycles. The molecule has 0 spiro atoms. The summed E-state index contributed by atoms with van der Waals surface area (Å²) in [5.41, 5.74) is 0.918. The van der Waals surface area contributed by atoms with Crippen molar-refractivity contribution in [3.8, 4) is 0 Å². The van der Waals surface area contributed by atoms with Crippen molar-refractivity contribution >= 4 is 17.3 Å². The van der Waals surface area contributed by atoms with Crippen LogP contribution in [0.2, 0.25) is 0 Å².